The molecule has 1 fully saturated rings. The van der Waals surface area contributed by atoms with Crippen molar-refractivity contribution >= 4 is 23.0 Å². The molecular formula is C20H23F3N3OS+. The standard InChI is InChI=1S/C20H22F3N3OS/c1-27-18-7-3-6-17(13-18)24-19(28)26-10-8-25(9-11-26)14-15-4-2-5-16(12-15)20(21,22)23/h2-7,12-13H,8-11,14H2,1H3,(H,24,28)/p+1. The highest BCUT2D eigenvalue weighted by molar-refractivity contribution is 7.80. The third-order valence-electron chi connectivity index (χ3n) is 4.79. The van der Waals surface area contributed by atoms with Crippen molar-refractivity contribution in [1.29, 1.82) is 0 Å². The van der Waals surface area contributed by atoms with Crippen LogP contribution in [0.25, 0.3) is 0 Å². The number of ether oxygens (including phenoxy) is 1. The fraction of sp³-hybridized carbons (Fsp3) is 0.350. The summed E-state index contributed by atoms with van der Waals surface area (Å²) in [5.41, 5.74) is 0.977. The highest BCUT2D eigenvalue weighted by Crippen LogP contribution is 2.29. The number of thiocarbonyl (C=S) groups is 1. The van der Waals surface area contributed by atoms with E-state index < -0.39 is 11.7 Å². The van der Waals surface area contributed by atoms with E-state index >= 15 is 0 Å². The van der Waals surface area contributed by atoms with Crippen molar-refractivity contribution in [1.82, 2.24) is 4.90 Å². The minimum atomic E-state index is -4.30. The molecule has 1 aliphatic heterocycles. The Labute approximate surface area is 167 Å². The number of piperazine rings is 1. The Morgan fingerprint density at radius 2 is 1.86 bits per heavy atom. The summed E-state index contributed by atoms with van der Waals surface area (Å²) in [7, 11) is 1.61. The van der Waals surface area contributed by atoms with Crippen LogP contribution in [0.15, 0.2) is 48.5 Å². The second-order valence-electron chi connectivity index (χ2n) is 6.77. The highest BCUT2D eigenvalue weighted by Gasteiger charge is 2.31. The molecule has 2 aromatic rings. The van der Waals surface area contributed by atoms with E-state index in [-0.39, 0.29) is 0 Å². The van der Waals surface area contributed by atoms with Gasteiger partial charge in [-0.2, -0.15) is 13.2 Å². The first-order valence-electron chi connectivity index (χ1n) is 9.05. The first-order valence-corrected chi connectivity index (χ1v) is 9.45. The van der Waals surface area contributed by atoms with Crippen LogP contribution in [-0.2, 0) is 12.7 Å². The van der Waals surface area contributed by atoms with E-state index in [4.69, 9.17) is 17.0 Å². The minimum absolute atomic E-state index is 0.577. The second kappa shape index (κ2) is 8.79. The number of anilines is 1. The number of hydrogen-bond acceptors (Lipinski definition) is 2. The van der Waals surface area contributed by atoms with Crippen molar-refractivity contribution in [3.63, 3.8) is 0 Å². The summed E-state index contributed by atoms with van der Waals surface area (Å²) in [6.07, 6.45) is -4.30. The average Bonchev–Trinajstić information content (AvgIpc) is 2.68. The predicted molar refractivity (Wildman–Crippen MR) is 107 cm³/mol. The molecule has 28 heavy (non-hydrogen) atoms. The van der Waals surface area contributed by atoms with Crippen LogP contribution in [0.4, 0.5) is 18.9 Å². The number of benzene rings is 2. The molecule has 0 amide bonds. The number of alkyl halides is 3. The van der Waals surface area contributed by atoms with Gasteiger partial charge in [0.1, 0.15) is 12.3 Å². The largest absolute Gasteiger partial charge is 0.497 e. The summed E-state index contributed by atoms with van der Waals surface area (Å²) < 4.78 is 43.8. The average molecular weight is 410 g/mol. The van der Waals surface area contributed by atoms with Crippen molar-refractivity contribution in [2.75, 3.05) is 38.6 Å². The Morgan fingerprint density at radius 1 is 1.14 bits per heavy atom. The van der Waals surface area contributed by atoms with Crippen LogP contribution >= 0.6 is 12.2 Å². The Morgan fingerprint density at radius 3 is 2.54 bits per heavy atom. The van der Waals surface area contributed by atoms with Crippen molar-refractivity contribution in [2.24, 2.45) is 0 Å². The van der Waals surface area contributed by atoms with Crippen LogP contribution in [0.3, 0.4) is 0 Å². The zero-order valence-corrected chi connectivity index (χ0v) is 16.4. The van der Waals surface area contributed by atoms with E-state index in [1.165, 1.54) is 17.0 Å². The number of nitrogens with zero attached hydrogens (tertiary/aromatic N) is 1. The molecule has 0 radical (unpaired) electrons. The van der Waals surface area contributed by atoms with Crippen molar-refractivity contribution in [2.45, 2.75) is 12.7 Å². The van der Waals surface area contributed by atoms with Crippen LogP contribution in [0.2, 0.25) is 0 Å². The zero-order chi connectivity index (χ0) is 20.1. The first kappa shape index (κ1) is 20.4. The number of methoxy groups -OCH3 is 1. The van der Waals surface area contributed by atoms with Crippen molar-refractivity contribution in [3.8, 4) is 5.75 Å². The molecule has 0 spiro atoms. The molecule has 1 heterocycles. The smallest absolute Gasteiger partial charge is 0.416 e. The number of quaternary nitrogens is 1. The summed E-state index contributed by atoms with van der Waals surface area (Å²) in [6, 6.07) is 13.1. The third kappa shape index (κ3) is 5.36. The molecule has 0 aromatic heterocycles. The summed E-state index contributed by atoms with van der Waals surface area (Å²) in [5, 5.41) is 3.86. The molecule has 0 bridgehead atoms. The monoisotopic (exact) mass is 410 g/mol. The van der Waals surface area contributed by atoms with Crippen molar-refractivity contribution < 1.29 is 22.8 Å². The molecule has 0 saturated carbocycles. The number of halogens is 3. The van der Waals surface area contributed by atoms with Gasteiger partial charge < -0.3 is 19.9 Å². The van der Waals surface area contributed by atoms with Crippen LogP contribution in [-0.4, -0.2) is 43.3 Å². The Balaban J connectivity index is 1.52. The van der Waals surface area contributed by atoms with E-state index in [9.17, 15) is 13.2 Å². The molecule has 0 atom stereocenters. The molecule has 8 heteroatoms. The lowest BCUT2D eigenvalue weighted by atomic mass is 10.1. The topological polar surface area (TPSA) is 28.9 Å². The van der Waals surface area contributed by atoms with E-state index in [0.29, 0.717) is 17.2 Å². The second-order valence-corrected chi connectivity index (χ2v) is 7.16. The SMILES string of the molecule is COc1cccc(NC(=S)N2CC[NH+](Cc3cccc(C(F)(F)F)c3)CC2)c1. The van der Waals surface area contributed by atoms with Gasteiger partial charge in [0.25, 0.3) is 0 Å². The molecule has 2 N–H and O–H groups in total. The van der Waals surface area contributed by atoms with Gasteiger partial charge in [0.05, 0.1) is 38.9 Å². The predicted octanol–water partition coefficient (Wildman–Crippen LogP) is 2.81. The fourth-order valence-corrected chi connectivity index (χ4v) is 3.55. The lowest BCUT2D eigenvalue weighted by Crippen LogP contribution is -3.13. The quantitative estimate of drug-likeness (QED) is 0.759. The lowest BCUT2D eigenvalue weighted by molar-refractivity contribution is -0.917. The van der Waals surface area contributed by atoms with Crippen LogP contribution < -0.4 is 15.0 Å². The van der Waals surface area contributed by atoms with E-state index in [0.717, 1.165) is 43.7 Å². The Bertz CT molecular complexity index is 820. The number of nitrogens with one attached hydrogen (secondary N) is 2. The third-order valence-corrected chi connectivity index (χ3v) is 5.15. The molecule has 3 rings (SSSR count). The lowest BCUT2D eigenvalue weighted by Gasteiger charge is -2.34. The van der Waals surface area contributed by atoms with E-state index in [1.807, 2.05) is 24.3 Å². The summed E-state index contributed by atoms with van der Waals surface area (Å²) >= 11 is 5.50. The Hall–Kier alpha value is -2.32. The van der Waals surface area contributed by atoms with E-state index in [1.54, 1.807) is 13.2 Å². The molecule has 2 aromatic carbocycles. The van der Waals surface area contributed by atoms with Crippen LogP contribution in [0, 0.1) is 0 Å². The zero-order valence-electron chi connectivity index (χ0n) is 15.6. The highest BCUT2D eigenvalue weighted by atomic mass is 32.1. The maximum Gasteiger partial charge on any atom is 0.416 e. The van der Waals surface area contributed by atoms with Gasteiger partial charge in [0.15, 0.2) is 5.11 Å². The van der Waals surface area contributed by atoms with Gasteiger partial charge in [0, 0.05) is 17.3 Å². The normalized spacial score (nSPS) is 15.4. The van der Waals surface area contributed by atoms with Gasteiger partial charge in [-0.1, -0.05) is 18.2 Å². The van der Waals surface area contributed by atoms with Gasteiger partial charge in [0.2, 0.25) is 0 Å². The summed E-state index contributed by atoms with van der Waals surface area (Å²) in [4.78, 5) is 3.34. The summed E-state index contributed by atoms with van der Waals surface area (Å²) in [5.74, 6) is 0.753. The van der Waals surface area contributed by atoms with E-state index in [2.05, 4.69) is 10.2 Å². The maximum atomic E-state index is 12.9. The molecule has 1 aliphatic rings. The van der Waals surface area contributed by atoms with Gasteiger partial charge >= 0.3 is 6.18 Å². The van der Waals surface area contributed by atoms with Crippen LogP contribution in [0.1, 0.15) is 11.1 Å². The summed E-state index contributed by atoms with van der Waals surface area (Å²) in [6.45, 7) is 3.72. The Kier molecular flexibility index (Phi) is 6.41. The maximum absolute atomic E-state index is 12.9. The minimum Gasteiger partial charge on any atom is -0.497 e. The number of hydrogen-bond donors (Lipinski definition) is 2. The van der Waals surface area contributed by atoms with Gasteiger partial charge in [-0.15, -0.1) is 0 Å². The first-order chi connectivity index (χ1) is 13.3. The molecule has 1 saturated heterocycles. The fourth-order valence-electron chi connectivity index (χ4n) is 3.25. The van der Waals surface area contributed by atoms with Gasteiger partial charge in [-0.3, -0.25) is 0 Å². The van der Waals surface area contributed by atoms with Crippen LogP contribution in [0.5, 0.6) is 5.75 Å². The molecular weight excluding hydrogens is 387 g/mol. The van der Waals surface area contributed by atoms with Gasteiger partial charge in [-0.05, 0) is 36.5 Å². The number of rotatable bonds is 4. The molecule has 0 aliphatic carbocycles. The molecule has 0 unspecified atom stereocenters. The van der Waals surface area contributed by atoms with Crippen molar-refractivity contribution in [3.05, 3.63) is 59.7 Å². The molecule has 150 valence electrons. The van der Waals surface area contributed by atoms with Gasteiger partial charge in [-0.25, -0.2) is 0 Å². The molecule has 4 nitrogen and oxygen atoms in total.